The van der Waals surface area contributed by atoms with E-state index < -0.39 is 11.0 Å². The molecule has 0 aliphatic heterocycles. The molecule has 0 saturated carbocycles. The number of amides is 1. The minimum Gasteiger partial charge on any atom is -0.496 e. The highest BCUT2D eigenvalue weighted by Gasteiger charge is 2.12. The smallest absolute Gasteiger partial charge is 0.411 e. The molecular weight excluding hydrogens is 433 g/mol. The predicted molar refractivity (Wildman–Crippen MR) is 118 cm³/mol. The van der Waals surface area contributed by atoms with Crippen molar-refractivity contribution in [3.8, 4) is 5.75 Å². The van der Waals surface area contributed by atoms with Crippen molar-refractivity contribution in [3.63, 3.8) is 0 Å². The molecule has 0 fully saturated rings. The van der Waals surface area contributed by atoms with Crippen LogP contribution < -0.4 is 15.0 Å². The third-order valence-corrected chi connectivity index (χ3v) is 4.61. The molecule has 0 aliphatic rings. The quantitative estimate of drug-likeness (QED) is 0.300. The fourth-order valence-electron chi connectivity index (χ4n) is 2.79. The number of hydrogen-bond acceptors (Lipinski definition) is 6. The molecule has 10 heteroatoms. The molecule has 2 aromatic carbocycles. The molecule has 0 spiro atoms. The number of nitrogens with one attached hydrogen (secondary N) is 1. The van der Waals surface area contributed by atoms with Gasteiger partial charge in [-0.3, -0.25) is 15.4 Å². The topological polar surface area (TPSA) is 93.9 Å². The first kappa shape index (κ1) is 23.6. The number of alkyl halides is 2. The molecule has 1 amide bonds. The summed E-state index contributed by atoms with van der Waals surface area (Å²) in [5, 5.41) is 13.5. The van der Waals surface area contributed by atoms with Gasteiger partial charge in [-0.2, -0.15) is 0 Å². The summed E-state index contributed by atoms with van der Waals surface area (Å²) < 4.78 is 10.4. The minimum absolute atomic E-state index is 0.0617. The molecule has 0 unspecified atom stereocenters. The van der Waals surface area contributed by atoms with Gasteiger partial charge in [0.1, 0.15) is 5.75 Å². The molecule has 0 aromatic heterocycles. The van der Waals surface area contributed by atoms with Gasteiger partial charge in [-0.05, 0) is 35.9 Å². The maximum absolute atomic E-state index is 12.0. The third kappa shape index (κ3) is 6.96. The molecule has 0 aliphatic carbocycles. The zero-order valence-corrected chi connectivity index (χ0v) is 18.0. The lowest BCUT2D eigenvalue weighted by atomic mass is 10.1. The largest absolute Gasteiger partial charge is 0.496 e. The highest BCUT2D eigenvalue weighted by molar-refractivity contribution is 6.18. The Morgan fingerprint density at radius 2 is 1.80 bits per heavy atom. The van der Waals surface area contributed by atoms with E-state index in [0.29, 0.717) is 48.3 Å². The lowest BCUT2D eigenvalue weighted by molar-refractivity contribution is -0.384. The summed E-state index contributed by atoms with van der Waals surface area (Å²) in [4.78, 5) is 24.4. The van der Waals surface area contributed by atoms with Gasteiger partial charge in [0, 0.05) is 48.7 Å². The number of benzene rings is 2. The summed E-state index contributed by atoms with van der Waals surface area (Å²) in [6.45, 7) is 1.45. The maximum Gasteiger partial charge on any atom is 0.411 e. The molecule has 2 rings (SSSR count). The van der Waals surface area contributed by atoms with Crippen molar-refractivity contribution in [1.29, 1.82) is 0 Å². The number of nitro benzene ring substituents is 1. The molecule has 30 heavy (non-hydrogen) atoms. The Morgan fingerprint density at radius 1 is 1.13 bits per heavy atom. The van der Waals surface area contributed by atoms with Crippen LogP contribution in [0, 0.1) is 10.1 Å². The molecule has 0 atom stereocenters. The molecular formula is C20H23Cl2N3O5. The van der Waals surface area contributed by atoms with Crippen molar-refractivity contribution in [1.82, 2.24) is 0 Å². The minimum atomic E-state index is -0.595. The summed E-state index contributed by atoms with van der Waals surface area (Å²) in [5.74, 6) is 1.35. The van der Waals surface area contributed by atoms with Gasteiger partial charge in [0.15, 0.2) is 0 Å². The number of nitrogens with zero attached hydrogens (tertiary/aromatic N) is 2. The van der Waals surface area contributed by atoms with Crippen molar-refractivity contribution >= 4 is 46.4 Å². The van der Waals surface area contributed by atoms with Crippen LogP contribution in [-0.2, 0) is 11.2 Å². The van der Waals surface area contributed by atoms with E-state index >= 15 is 0 Å². The van der Waals surface area contributed by atoms with E-state index in [1.165, 1.54) is 19.2 Å². The zero-order chi connectivity index (χ0) is 21.9. The number of carbonyl (C=O) groups excluding carboxylic acids is 1. The van der Waals surface area contributed by atoms with Gasteiger partial charge >= 0.3 is 6.09 Å². The van der Waals surface area contributed by atoms with Crippen LogP contribution in [0.2, 0.25) is 0 Å². The number of anilines is 2. The summed E-state index contributed by atoms with van der Waals surface area (Å²) in [7, 11) is 1.43. The van der Waals surface area contributed by atoms with E-state index in [4.69, 9.17) is 32.7 Å². The number of carbonyl (C=O) groups is 1. The summed E-state index contributed by atoms with van der Waals surface area (Å²) >= 11 is 11.6. The summed E-state index contributed by atoms with van der Waals surface area (Å²) in [6.07, 6.45) is -0.235. The average molecular weight is 456 g/mol. The molecule has 162 valence electrons. The van der Waals surface area contributed by atoms with Crippen molar-refractivity contribution in [2.24, 2.45) is 0 Å². The van der Waals surface area contributed by atoms with Gasteiger partial charge in [0.25, 0.3) is 5.69 Å². The Kier molecular flexibility index (Phi) is 9.50. The zero-order valence-electron chi connectivity index (χ0n) is 16.5. The van der Waals surface area contributed by atoms with Gasteiger partial charge in [-0.15, -0.1) is 23.2 Å². The van der Waals surface area contributed by atoms with Crippen LogP contribution in [0.25, 0.3) is 0 Å². The Hall–Kier alpha value is -2.71. The number of rotatable bonds is 11. The second-order valence-electron chi connectivity index (χ2n) is 6.18. The number of non-ortho nitro benzene ring substituents is 1. The van der Waals surface area contributed by atoms with Gasteiger partial charge < -0.3 is 14.4 Å². The predicted octanol–water partition coefficient (Wildman–Crippen LogP) is 4.68. The molecule has 0 heterocycles. The lowest BCUT2D eigenvalue weighted by Gasteiger charge is -2.23. The first-order chi connectivity index (χ1) is 14.5. The van der Waals surface area contributed by atoms with E-state index in [9.17, 15) is 14.9 Å². The molecule has 8 nitrogen and oxygen atoms in total. The van der Waals surface area contributed by atoms with Crippen LogP contribution in [0.5, 0.6) is 5.75 Å². The first-order valence-electron chi connectivity index (χ1n) is 9.20. The van der Waals surface area contributed by atoms with E-state index in [1.54, 1.807) is 18.2 Å². The monoisotopic (exact) mass is 455 g/mol. The van der Waals surface area contributed by atoms with Gasteiger partial charge in [0.05, 0.1) is 24.7 Å². The molecule has 0 bridgehead atoms. The standard InChI is InChI=1S/C20H23Cl2N3O5/c1-29-19-14-18(25(27)28)5-2-15(19)8-13-30-20(26)23-16-3-6-17(7-4-16)24(11-9-21)12-10-22/h2-7,14H,8-13H2,1H3,(H,23,26). The van der Waals surface area contributed by atoms with Crippen molar-refractivity contribution < 1.29 is 19.2 Å². The van der Waals surface area contributed by atoms with Crippen LogP contribution in [0.3, 0.4) is 0 Å². The number of hydrogen-bond donors (Lipinski definition) is 1. The van der Waals surface area contributed by atoms with Crippen LogP contribution in [-0.4, -0.2) is 49.6 Å². The fourth-order valence-corrected chi connectivity index (χ4v) is 3.20. The molecule has 0 radical (unpaired) electrons. The number of nitro groups is 1. The van der Waals surface area contributed by atoms with Gasteiger partial charge in [0.2, 0.25) is 0 Å². The fraction of sp³-hybridized carbons (Fsp3) is 0.350. The third-order valence-electron chi connectivity index (χ3n) is 4.27. The molecule has 0 saturated heterocycles. The Morgan fingerprint density at radius 3 is 2.37 bits per heavy atom. The van der Waals surface area contributed by atoms with Crippen LogP contribution in [0.15, 0.2) is 42.5 Å². The molecule has 2 aromatic rings. The molecule has 1 N–H and O–H groups in total. The Balaban J connectivity index is 1.87. The van der Waals surface area contributed by atoms with Crippen molar-refractivity contribution in [2.75, 3.05) is 48.8 Å². The van der Waals surface area contributed by atoms with E-state index in [2.05, 4.69) is 10.2 Å². The number of methoxy groups -OCH3 is 1. The second-order valence-corrected chi connectivity index (χ2v) is 6.93. The summed E-state index contributed by atoms with van der Waals surface area (Å²) in [6, 6.07) is 11.6. The SMILES string of the molecule is COc1cc([N+](=O)[O-])ccc1CCOC(=O)Nc1ccc(N(CCCl)CCCl)cc1. The number of halogens is 2. The lowest BCUT2D eigenvalue weighted by Crippen LogP contribution is -2.27. The van der Waals surface area contributed by atoms with Crippen molar-refractivity contribution in [2.45, 2.75) is 6.42 Å². The van der Waals surface area contributed by atoms with Crippen LogP contribution in [0.1, 0.15) is 5.56 Å². The van der Waals surface area contributed by atoms with Gasteiger partial charge in [-0.1, -0.05) is 0 Å². The Bertz CT molecular complexity index is 843. The first-order valence-corrected chi connectivity index (χ1v) is 10.3. The highest BCUT2D eigenvalue weighted by atomic mass is 35.5. The highest BCUT2D eigenvalue weighted by Crippen LogP contribution is 2.25. The maximum atomic E-state index is 12.0. The van der Waals surface area contributed by atoms with E-state index in [1.807, 2.05) is 12.1 Å². The van der Waals surface area contributed by atoms with Gasteiger partial charge in [-0.25, -0.2) is 4.79 Å². The normalized spacial score (nSPS) is 10.4. The summed E-state index contributed by atoms with van der Waals surface area (Å²) in [5.41, 5.74) is 2.20. The number of ether oxygens (including phenoxy) is 2. The van der Waals surface area contributed by atoms with Crippen molar-refractivity contribution in [3.05, 3.63) is 58.1 Å². The second kappa shape index (κ2) is 12.1. The van der Waals surface area contributed by atoms with E-state index in [0.717, 1.165) is 5.69 Å². The van der Waals surface area contributed by atoms with Crippen LogP contribution >= 0.6 is 23.2 Å². The average Bonchev–Trinajstić information content (AvgIpc) is 2.74. The van der Waals surface area contributed by atoms with Crippen LogP contribution in [0.4, 0.5) is 21.9 Å². The van der Waals surface area contributed by atoms with E-state index in [-0.39, 0.29) is 12.3 Å². The Labute approximate surface area is 184 Å².